The molecular weight excluding hydrogens is 188 g/mol. The van der Waals surface area contributed by atoms with Crippen molar-refractivity contribution < 1.29 is 4.74 Å². The fourth-order valence-electron chi connectivity index (χ4n) is 1.29. The minimum absolute atomic E-state index is 0. The highest BCUT2D eigenvalue weighted by molar-refractivity contribution is 5.85. The molecule has 0 amide bonds. The maximum absolute atomic E-state index is 4.97. The van der Waals surface area contributed by atoms with E-state index in [9.17, 15) is 0 Å². The molecule has 1 aromatic rings. The Bertz CT molecular complexity index is 259. The van der Waals surface area contributed by atoms with Crippen LogP contribution in [0.5, 0.6) is 5.88 Å². The van der Waals surface area contributed by atoms with Crippen molar-refractivity contribution in [2.45, 2.75) is 12.5 Å². The van der Waals surface area contributed by atoms with Crippen LogP contribution < -0.4 is 10.1 Å². The molecule has 1 atom stereocenters. The van der Waals surface area contributed by atoms with Gasteiger partial charge in [0.15, 0.2) is 0 Å². The Morgan fingerprint density at radius 3 is 2.69 bits per heavy atom. The summed E-state index contributed by atoms with van der Waals surface area (Å²) < 4.78 is 4.97. The highest BCUT2D eigenvalue weighted by Gasteiger charge is 2.18. The standard InChI is InChI=1S/C9H12N2O.ClH/c1-12-9-3-2-7(6-11-9)8-4-5-10-8;/h2-3,6,8,10H,4-5H2,1H3;1H/t8-;/m1./s1. The van der Waals surface area contributed by atoms with E-state index in [0.717, 1.165) is 6.54 Å². The SMILES string of the molecule is COc1ccc([C@H]2CCN2)cn1.Cl. The molecule has 1 saturated heterocycles. The van der Waals surface area contributed by atoms with E-state index in [4.69, 9.17) is 4.74 Å². The normalized spacial score (nSPS) is 19.9. The molecule has 13 heavy (non-hydrogen) atoms. The van der Waals surface area contributed by atoms with Crippen molar-refractivity contribution in [2.75, 3.05) is 13.7 Å². The maximum Gasteiger partial charge on any atom is 0.212 e. The summed E-state index contributed by atoms with van der Waals surface area (Å²) in [6.45, 7) is 1.12. The molecule has 1 aliphatic rings. The van der Waals surface area contributed by atoms with Crippen LogP contribution in [-0.2, 0) is 0 Å². The molecular formula is C9H13ClN2O. The molecule has 0 spiro atoms. The molecule has 2 heterocycles. The van der Waals surface area contributed by atoms with E-state index in [1.165, 1.54) is 12.0 Å². The first kappa shape index (κ1) is 10.3. The van der Waals surface area contributed by atoms with E-state index in [1.54, 1.807) is 7.11 Å². The fraction of sp³-hybridized carbons (Fsp3) is 0.444. The van der Waals surface area contributed by atoms with Gasteiger partial charge in [-0.25, -0.2) is 4.98 Å². The molecule has 1 N–H and O–H groups in total. The highest BCUT2D eigenvalue weighted by Crippen LogP contribution is 2.22. The topological polar surface area (TPSA) is 34.1 Å². The number of rotatable bonds is 2. The highest BCUT2D eigenvalue weighted by atomic mass is 35.5. The number of nitrogens with one attached hydrogen (secondary N) is 1. The van der Waals surface area contributed by atoms with Crippen LogP contribution in [0.4, 0.5) is 0 Å². The van der Waals surface area contributed by atoms with Gasteiger partial charge in [-0.1, -0.05) is 6.07 Å². The van der Waals surface area contributed by atoms with Gasteiger partial charge in [-0.05, 0) is 18.5 Å². The van der Waals surface area contributed by atoms with E-state index < -0.39 is 0 Å². The second kappa shape index (κ2) is 4.44. The van der Waals surface area contributed by atoms with E-state index in [0.29, 0.717) is 11.9 Å². The number of ether oxygens (including phenoxy) is 1. The van der Waals surface area contributed by atoms with Crippen molar-refractivity contribution >= 4 is 12.4 Å². The molecule has 3 nitrogen and oxygen atoms in total. The van der Waals surface area contributed by atoms with Crippen molar-refractivity contribution in [1.29, 1.82) is 0 Å². The van der Waals surface area contributed by atoms with Crippen LogP contribution in [0.15, 0.2) is 18.3 Å². The Kier molecular flexibility index (Phi) is 3.51. The van der Waals surface area contributed by atoms with Gasteiger partial charge in [0.05, 0.1) is 7.11 Å². The molecule has 1 aliphatic heterocycles. The van der Waals surface area contributed by atoms with Crippen molar-refractivity contribution in [1.82, 2.24) is 10.3 Å². The van der Waals surface area contributed by atoms with Crippen molar-refractivity contribution in [3.8, 4) is 5.88 Å². The molecule has 1 aromatic heterocycles. The number of halogens is 1. The monoisotopic (exact) mass is 200 g/mol. The largest absolute Gasteiger partial charge is 0.481 e. The third kappa shape index (κ3) is 2.11. The van der Waals surface area contributed by atoms with Crippen LogP contribution in [0.1, 0.15) is 18.0 Å². The second-order valence-electron chi connectivity index (χ2n) is 2.93. The number of methoxy groups -OCH3 is 1. The molecule has 0 radical (unpaired) electrons. The molecule has 0 unspecified atom stereocenters. The average molecular weight is 201 g/mol. The van der Waals surface area contributed by atoms with Crippen LogP contribution in [-0.4, -0.2) is 18.6 Å². The lowest BCUT2D eigenvalue weighted by atomic mass is 10.00. The van der Waals surface area contributed by atoms with Crippen molar-refractivity contribution in [2.24, 2.45) is 0 Å². The van der Waals surface area contributed by atoms with Crippen LogP contribution in [0, 0.1) is 0 Å². The van der Waals surface area contributed by atoms with Gasteiger partial charge >= 0.3 is 0 Å². The summed E-state index contributed by atoms with van der Waals surface area (Å²) in [6.07, 6.45) is 3.09. The van der Waals surface area contributed by atoms with Gasteiger partial charge < -0.3 is 10.1 Å². The molecule has 0 saturated carbocycles. The van der Waals surface area contributed by atoms with Gasteiger partial charge in [-0.2, -0.15) is 0 Å². The Labute approximate surface area is 83.9 Å². The Hall–Kier alpha value is -0.800. The minimum Gasteiger partial charge on any atom is -0.481 e. The number of aromatic nitrogens is 1. The number of nitrogens with zero attached hydrogens (tertiary/aromatic N) is 1. The van der Waals surface area contributed by atoms with Gasteiger partial charge in [-0.15, -0.1) is 12.4 Å². The summed E-state index contributed by atoms with van der Waals surface area (Å²) in [5.41, 5.74) is 1.25. The van der Waals surface area contributed by atoms with Crippen LogP contribution in [0.3, 0.4) is 0 Å². The third-order valence-corrected chi connectivity index (χ3v) is 2.19. The van der Waals surface area contributed by atoms with E-state index in [1.807, 2.05) is 12.3 Å². The molecule has 1 fully saturated rings. The number of hydrogen-bond donors (Lipinski definition) is 1. The summed E-state index contributed by atoms with van der Waals surface area (Å²) in [5.74, 6) is 0.679. The minimum atomic E-state index is 0. The molecule has 2 rings (SSSR count). The second-order valence-corrected chi connectivity index (χ2v) is 2.93. The smallest absolute Gasteiger partial charge is 0.212 e. The summed E-state index contributed by atoms with van der Waals surface area (Å²) in [7, 11) is 1.63. The first-order chi connectivity index (χ1) is 5.90. The van der Waals surface area contributed by atoms with Crippen LogP contribution in [0.2, 0.25) is 0 Å². The summed E-state index contributed by atoms with van der Waals surface area (Å²) in [5, 5.41) is 3.32. The maximum atomic E-state index is 4.97. The van der Waals surface area contributed by atoms with Gasteiger partial charge in [0.1, 0.15) is 0 Å². The lowest BCUT2D eigenvalue weighted by Gasteiger charge is -2.27. The van der Waals surface area contributed by atoms with Gasteiger partial charge in [0.25, 0.3) is 0 Å². The summed E-state index contributed by atoms with van der Waals surface area (Å²) in [6, 6.07) is 4.47. The lowest BCUT2D eigenvalue weighted by Crippen LogP contribution is -2.34. The quantitative estimate of drug-likeness (QED) is 0.787. The van der Waals surface area contributed by atoms with E-state index in [-0.39, 0.29) is 12.4 Å². The summed E-state index contributed by atoms with van der Waals surface area (Å²) in [4.78, 5) is 4.14. The lowest BCUT2D eigenvalue weighted by molar-refractivity contribution is 0.376. The third-order valence-electron chi connectivity index (χ3n) is 2.19. The molecule has 0 bridgehead atoms. The number of hydrogen-bond acceptors (Lipinski definition) is 3. The average Bonchev–Trinajstić information content (AvgIpc) is 2.03. The van der Waals surface area contributed by atoms with Gasteiger partial charge in [0, 0.05) is 18.3 Å². The first-order valence-corrected chi connectivity index (χ1v) is 4.13. The predicted molar refractivity (Wildman–Crippen MR) is 53.4 cm³/mol. The molecule has 0 aromatic carbocycles. The molecule has 0 aliphatic carbocycles. The number of pyridine rings is 1. The predicted octanol–water partition coefficient (Wildman–Crippen LogP) is 1.55. The Morgan fingerprint density at radius 2 is 2.31 bits per heavy atom. The Balaban J connectivity index is 0.000000845. The van der Waals surface area contributed by atoms with Crippen molar-refractivity contribution in [3.63, 3.8) is 0 Å². The van der Waals surface area contributed by atoms with Crippen LogP contribution in [0.25, 0.3) is 0 Å². The van der Waals surface area contributed by atoms with Gasteiger partial charge in [-0.3, -0.25) is 0 Å². The zero-order valence-corrected chi connectivity index (χ0v) is 8.30. The Morgan fingerprint density at radius 1 is 1.54 bits per heavy atom. The first-order valence-electron chi connectivity index (χ1n) is 4.13. The van der Waals surface area contributed by atoms with E-state index in [2.05, 4.69) is 16.4 Å². The molecule has 4 heteroatoms. The zero-order chi connectivity index (χ0) is 8.39. The van der Waals surface area contributed by atoms with Crippen molar-refractivity contribution in [3.05, 3.63) is 23.9 Å². The van der Waals surface area contributed by atoms with Crippen LogP contribution >= 0.6 is 12.4 Å². The fourth-order valence-corrected chi connectivity index (χ4v) is 1.29. The van der Waals surface area contributed by atoms with Gasteiger partial charge in [0.2, 0.25) is 5.88 Å². The zero-order valence-electron chi connectivity index (χ0n) is 7.49. The van der Waals surface area contributed by atoms with E-state index >= 15 is 0 Å². The molecule has 72 valence electrons. The summed E-state index contributed by atoms with van der Waals surface area (Å²) >= 11 is 0.